The van der Waals surface area contributed by atoms with Crippen LogP contribution in [0.3, 0.4) is 0 Å². The van der Waals surface area contributed by atoms with Crippen LogP contribution in [0.25, 0.3) is 11.5 Å². The molecule has 0 atom stereocenters. The van der Waals surface area contributed by atoms with Gasteiger partial charge in [0.2, 0.25) is 11.8 Å². The summed E-state index contributed by atoms with van der Waals surface area (Å²) in [7, 11) is -3.08. The van der Waals surface area contributed by atoms with Gasteiger partial charge in [-0.25, -0.2) is 13.4 Å². The molecule has 1 aliphatic heterocycles. The molecule has 9 nitrogen and oxygen atoms in total. The van der Waals surface area contributed by atoms with Gasteiger partial charge in [-0.1, -0.05) is 29.3 Å². The van der Waals surface area contributed by atoms with Gasteiger partial charge in [0.25, 0.3) is 11.8 Å². The third kappa shape index (κ3) is 4.97. The van der Waals surface area contributed by atoms with E-state index in [9.17, 15) is 18.0 Å². The van der Waals surface area contributed by atoms with Crippen LogP contribution in [0.15, 0.2) is 46.9 Å². The quantitative estimate of drug-likeness (QED) is 0.538. The third-order valence-electron chi connectivity index (χ3n) is 5.06. The molecule has 1 saturated heterocycles. The number of carbonyl (C=O) groups is 2. The van der Waals surface area contributed by atoms with Gasteiger partial charge in [0, 0.05) is 24.3 Å². The van der Waals surface area contributed by atoms with E-state index in [-0.39, 0.29) is 48.0 Å². The average Bonchev–Trinajstić information content (AvgIpc) is 3.17. The van der Waals surface area contributed by atoms with E-state index in [0.717, 1.165) is 0 Å². The minimum atomic E-state index is -3.08. The zero-order chi connectivity index (χ0) is 23.8. The standard InChI is InChI=1S/C21H18Cl2N4O5S/c22-14-2-1-3-15(23)16(14)19-26-17(18(24)28)20(32-19)25-13-6-4-12(5-7-13)21(29)27-8-10-33(30,31)11-9-27/h1-7,25H,8-11H2,(H2,24,28). The number of rotatable bonds is 5. The maximum absolute atomic E-state index is 12.6. The van der Waals surface area contributed by atoms with Crippen molar-refractivity contribution in [2.45, 2.75) is 0 Å². The first-order valence-corrected chi connectivity index (χ1v) is 12.3. The highest BCUT2D eigenvalue weighted by molar-refractivity contribution is 7.91. The van der Waals surface area contributed by atoms with Crippen molar-refractivity contribution in [1.29, 1.82) is 0 Å². The molecule has 0 aliphatic carbocycles. The summed E-state index contributed by atoms with van der Waals surface area (Å²) in [6, 6.07) is 11.3. The first-order chi connectivity index (χ1) is 15.6. The maximum atomic E-state index is 12.6. The van der Waals surface area contributed by atoms with Gasteiger partial charge in [-0.3, -0.25) is 9.59 Å². The van der Waals surface area contributed by atoms with Crippen LogP contribution in [0.4, 0.5) is 11.6 Å². The summed E-state index contributed by atoms with van der Waals surface area (Å²) >= 11 is 12.4. The molecule has 1 aromatic heterocycles. The van der Waals surface area contributed by atoms with E-state index < -0.39 is 15.7 Å². The van der Waals surface area contributed by atoms with E-state index >= 15 is 0 Å². The van der Waals surface area contributed by atoms with Crippen LogP contribution in [0.5, 0.6) is 0 Å². The van der Waals surface area contributed by atoms with E-state index in [1.807, 2.05) is 0 Å². The van der Waals surface area contributed by atoms with Gasteiger partial charge in [0.15, 0.2) is 15.5 Å². The van der Waals surface area contributed by atoms with Crippen molar-refractivity contribution in [3.63, 3.8) is 0 Å². The van der Waals surface area contributed by atoms with E-state index in [2.05, 4.69) is 10.3 Å². The summed E-state index contributed by atoms with van der Waals surface area (Å²) in [4.78, 5) is 30.2. The Morgan fingerprint density at radius 2 is 1.64 bits per heavy atom. The highest BCUT2D eigenvalue weighted by Crippen LogP contribution is 2.36. The minimum absolute atomic E-state index is 0.00574. The third-order valence-corrected chi connectivity index (χ3v) is 7.30. The van der Waals surface area contributed by atoms with Crippen LogP contribution >= 0.6 is 23.2 Å². The summed E-state index contributed by atoms with van der Waals surface area (Å²) < 4.78 is 28.8. The highest BCUT2D eigenvalue weighted by Gasteiger charge is 2.26. The minimum Gasteiger partial charge on any atom is -0.419 e. The smallest absolute Gasteiger partial charge is 0.273 e. The Balaban J connectivity index is 1.55. The van der Waals surface area contributed by atoms with Gasteiger partial charge in [-0.05, 0) is 36.4 Å². The molecule has 12 heteroatoms. The molecule has 172 valence electrons. The number of halogens is 2. The largest absolute Gasteiger partial charge is 0.419 e. The number of nitrogens with one attached hydrogen (secondary N) is 1. The van der Waals surface area contributed by atoms with Crippen molar-refractivity contribution in [1.82, 2.24) is 9.88 Å². The van der Waals surface area contributed by atoms with Crippen molar-refractivity contribution < 1.29 is 22.4 Å². The molecule has 0 bridgehead atoms. The topological polar surface area (TPSA) is 136 Å². The van der Waals surface area contributed by atoms with E-state index in [1.54, 1.807) is 42.5 Å². The van der Waals surface area contributed by atoms with Crippen molar-refractivity contribution in [2.75, 3.05) is 29.9 Å². The Morgan fingerprint density at radius 1 is 1.03 bits per heavy atom. The lowest BCUT2D eigenvalue weighted by Crippen LogP contribution is -2.43. The van der Waals surface area contributed by atoms with E-state index in [0.29, 0.717) is 26.9 Å². The average molecular weight is 509 g/mol. The zero-order valence-electron chi connectivity index (χ0n) is 17.0. The molecular weight excluding hydrogens is 491 g/mol. The highest BCUT2D eigenvalue weighted by atomic mass is 35.5. The number of carbonyl (C=O) groups excluding carboxylic acids is 2. The van der Waals surface area contributed by atoms with Gasteiger partial charge in [-0.2, -0.15) is 0 Å². The van der Waals surface area contributed by atoms with E-state index in [1.165, 1.54) is 4.90 Å². The van der Waals surface area contributed by atoms with Gasteiger partial charge >= 0.3 is 0 Å². The molecule has 0 saturated carbocycles. The zero-order valence-corrected chi connectivity index (χ0v) is 19.4. The van der Waals surface area contributed by atoms with E-state index in [4.69, 9.17) is 33.4 Å². The lowest BCUT2D eigenvalue weighted by atomic mass is 10.1. The summed E-state index contributed by atoms with van der Waals surface area (Å²) in [5.74, 6) is -1.15. The van der Waals surface area contributed by atoms with Crippen molar-refractivity contribution in [2.24, 2.45) is 5.73 Å². The predicted octanol–water partition coefficient (Wildman–Crippen LogP) is 3.36. The number of primary amides is 1. The molecule has 0 spiro atoms. The molecule has 0 unspecified atom stereocenters. The number of amides is 2. The molecule has 1 fully saturated rings. The van der Waals surface area contributed by atoms with Gasteiger partial charge in [0.1, 0.15) is 0 Å². The monoisotopic (exact) mass is 508 g/mol. The molecule has 2 amide bonds. The number of nitrogens with zero attached hydrogens (tertiary/aromatic N) is 2. The molecule has 4 rings (SSSR count). The lowest BCUT2D eigenvalue weighted by Gasteiger charge is -2.26. The van der Waals surface area contributed by atoms with Gasteiger partial charge in [0.05, 0.1) is 27.1 Å². The number of anilines is 2. The Bertz CT molecular complexity index is 1300. The number of hydrogen-bond donors (Lipinski definition) is 2. The van der Waals surface area contributed by atoms with Crippen LogP contribution in [-0.2, 0) is 9.84 Å². The van der Waals surface area contributed by atoms with Gasteiger partial charge < -0.3 is 20.4 Å². The van der Waals surface area contributed by atoms with Crippen molar-refractivity contribution in [3.8, 4) is 11.5 Å². The Morgan fingerprint density at radius 3 is 2.21 bits per heavy atom. The van der Waals surface area contributed by atoms with Crippen LogP contribution in [0, 0.1) is 0 Å². The molecule has 1 aliphatic rings. The maximum Gasteiger partial charge on any atom is 0.273 e. The molecule has 33 heavy (non-hydrogen) atoms. The summed E-state index contributed by atoms with van der Waals surface area (Å²) in [5, 5.41) is 3.50. The van der Waals surface area contributed by atoms with Crippen LogP contribution in [0.1, 0.15) is 20.8 Å². The van der Waals surface area contributed by atoms with Gasteiger partial charge in [-0.15, -0.1) is 0 Å². The first kappa shape index (κ1) is 23.1. The fraction of sp³-hybridized carbons (Fsp3) is 0.190. The number of oxazole rings is 1. The number of aromatic nitrogens is 1. The molecular formula is C21H18Cl2N4O5S. The van der Waals surface area contributed by atoms with Crippen LogP contribution in [0.2, 0.25) is 10.0 Å². The van der Waals surface area contributed by atoms with Crippen LogP contribution < -0.4 is 11.1 Å². The summed E-state index contributed by atoms with van der Waals surface area (Å²) in [6.07, 6.45) is 0. The van der Waals surface area contributed by atoms with Crippen LogP contribution in [-0.4, -0.2) is 54.7 Å². The molecule has 3 N–H and O–H groups in total. The Hall–Kier alpha value is -3.08. The molecule has 2 heterocycles. The first-order valence-electron chi connectivity index (χ1n) is 9.76. The second-order valence-electron chi connectivity index (χ2n) is 7.30. The molecule has 0 radical (unpaired) electrons. The van der Waals surface area contributed by atoms with Crippen molar-refractivity contribution in [3.05, 3.63) is 63.8 Å². The second-order valence-corrected chi connectivity index (χ2v) is 10.4. The predicted molar refractivity (Wildman–Crippen MR) is 125 cm³/mol. The summed E-state index contributed by atoms with van der Waals surface area (Å²) in [6.45, 7) is 0.323. The SMILES string of the molecule is NC(=O)c1nc(-c2c(Cl)cccc2Cl)oc1Nc1ccc(C(=O)N2CCS(=O)(=O)CC2)cc1. The number of benzene rings is 2. The number of hydrogen-bond acceptors (Lipinski definition) is 7. The fourth-order valence-electron chi connectivity index (χ4n) is 3.31. The fourth-order valence-corrected chi connectivity index (χ4v) is 5.07. The normalized spacial score (nSPS) is 15.3. The molecule has 3 aromatic rings. The second kappa shape index (κ2) is 9.05. The Labute approximate surface area is 199 Å². The Kier molecular flexibility index (Phi) is 6.33. The lowest BCUT2D eigenvalue weighted by molar-refractivity contribution is 0.0770. The number of nitrogens with two attached hydrogens (primary N) is 1. The summed E-state index contributed by atoms with van der Waals surface area (Å²) in [5.41, 5.74) is 6.52. The van der Waals surface area contributed by atoms with Crippen molar-refractivity contribution >= 4 is 56.4 Å². The molecule has 2 aromatic carbocycles. The number of sulfone groups is 1.